The van der Waals surface area contributed by atoms with E-state index >= 15 is 0 Å². The number of hydrogen-bond acceptors (Lipinski definition) is 4. The van der Waals surface area contributed by atoms with Crippen LogP contribution in [0, 0.1) is 0 Å². The topological polar surface area (TPSA) is 80.3 Å². The van der Waals surface area contributed by atoms with Crippen LogP contribution in [0.1, 0.15) is 26.2 Å². The van der Waals surface area contributed by atoms with Crippen LogP contribution >= 0.6 is 0 Å². The number of ketones is 1. The fourth-order valence-electron chi connectivity index (χ4n) is 1.51. The third kappa shape index (κ3) is 5.65. The number of carbonyl (C=O) groups excluding carboxylic acids is 2. The summed E-state index contributed by atoms with van der Waals surface area (Å²) in [5, 5.41) is 2.65. The fraction of sp³-hybridized carbons (Fsp3) is 0.385. The zero-order valence-electron chi connectivity index (χ0n) is 11.0. The molecule has 0 unspecified atom stereocenters. The molecule has 6 heteroatoms. The molecule has 5 nitrogen and oxygen atoms in total. The van der Waals surface area contributed by atoms with Crippen molar-refractivity contribution < 1.29 is 18.0 Å². The molecule has 0 radical (unpaired) electrons. The van der Waals surface area contributed by atoms with Crippen LogP contribution in [0.3, 0.4) is 0 Å². The number of amides is 1. The second-order valence-corrected chi connectivity index (χ2v) is 6.42. The van der Waals surface area contributed by atoms with Crippen molar-refractivity contribution in [1.82, 2.24) is 0 Å². The first kappa shape index (κ1) is 15.4. The first-order valence-electron chi connectivity index (χ1n) is 5.88. The van der Waals surface area contributed by atoms with Crippen molar-refractivity contribution in [3.8, 4) is 0 Å². The van der Waals surface area contributed by atoms with E-state index in [0.717, 1.165) is 6.26 Å². The minimum absolute atomic E-state index is 0.0605. The summed E-state index contributed by atoms with van der Waals surface area (Å²) >= 11 is 0. The predicted molar refractivity (Wildman–Crippen MR) is 72.7 cm³/mol. The Morgan fingerprint density at radius 1 is 1.11 bits per heavy atom. The van der Waals surface area contributed by atoms with E-state index in [2.05, 4.69) is 5.32 Å². The molecule has 0 aliphatic carbocycles. The smallest absolute Gasteiger partial charge is 0.224 e. The highest BCUT2D eigenvalue weighted by molar-refractivity contribution is 7.90. The Morgan fingerprint density at radius 3 is 2.16 bits per heavy atom. The molecule has 0 bridgehead atoms. The van der Waals surface area contributed by atoms with Crippen LogP contribution in [0.5, 0.6) is 0 Å². The molecular formula is C13H17NO4S. The maximum absolute atomic E-state index is 11.5. The van der Waals surface area contributed by atoms with Crippen molar-refractivity contribution in [3.63, 3.8) is 0 Å². The van der Waals surface area contributed by atoms with Crippen LogP contribution < -0.4 is 5.32 Å². The molecule has 1 aromatic carbocycles. The Balaban J connectivity index is 2.54. The van der Waals surface area contributed by atoms with Crippen LogP contribution in [-0.4, -0.2) is 26.4 Å². The van der Waals surface area contributed by atoms with E-state index in [0.29, 0.717) is 18.5 Å². The van der Waals surface area contributed by atoms with E-state index in [-0.39, 0.29) is 23.0 Å². The van der Waals surface area contributed by atoms with Gasteiger partial charge in [0.15, 0.2) is 9.84 Å². The number of sulfone groups is 1. The fourth-order valence-corrected chi connectivity index (χ4v) is 2.14. The number of rotatable bonds is 6. The monoisotopic (exact) mass is 283 g/mol. The SMILES string of the molecule is CC(=O)CCCC(=O)Nc1ccc(S(C)(=O)=O)cc1. The summed E-state index contributed by atoms with van der Waals surface area (Å²) < 4.78 is 22.5. The normalized spacial score (nSPS) is 11.1. The molecular weight excluding hydrogens is 266 g/mol. The molecule has 1 N–H and O–H groups in total. The highest BCUT2D eigenvalue weighted by atomic mass is 32.2. The molecule has 0 saturated carbocycles. The van der Waals surface area contributed by atoms with Crippen molar-refractivity contribution in [2.75, 3.05) is 11.6 Å². The third-order valence-corrected chi connectivity index (χ3v) is 3.63. The zero-order valence-corrected chi connectivity index (χ0v) is 11.8. The van der Waals surface area contributed by atoms with Crippen molar-refractivity contribution in [3.05, 3.63) is 24.3 Å². The molecule has 0 aliphatic heterocycles. The van der Waals surface area contributed by atoms with Crippen LogP contribution in [0.25, 0.3) is 0 Å². The average molecular weight is 283 g/mol. The lowest BCUT2D eigenvalue weighted by Gasteiger charge is -2.05. The van der Waals surface area contributed by atoms with Gasteiger partial charge < -0.3 is 10.1 Å². The first-order valence-corrected chi connectivity index (χ1v) is 7.77. The van der Waals surface area contributed by atoms with Crippen LogP contribution in [0.4, 0.5) is 5.69 Å². The summed E-state index contributed by atoms with van der Waals surface area (Å²) in [6.45, 7) is 1.49. The van der Waals surface area contributed by atoms with E-state index in [1.165, 1.54) is 19.1 Å². The number of nitrogens with one attached hydrogen (secondary N) is 1. The second-order valence-electron chi connectivity index (χ2n) is 4.40. The maximum Gasteiger partial charge on any atom is 0.224 e. The zero-order chi connectivity index (χ0) is 14.5. The molecule has 0 heterocycles. The van der Waals surface area contributed by atoms with Crippen LogP contribution in [0.2, 0.25) is 0 Å². The lowest BCUT2D eigenvalue weighted by atomic mass is 10.2. The van der Waals surface area contributed by atoms with Gasteiger partial charge in [-0.1, -0.05) is 0 Å². The highest BCUT2D eigenvalue weighted by Crippen LogP contribution is 2.14. The predicted octanol–water partition coefficient (Wildman–Crippen LogP) is 1.79. The summed E-state index contributed by atoms with van der Waals surface area (Å²) in [7, 11) is -3.22. The number of Topliss-reactive ketones (excluding diaryl/α,β-unsaturated/α-hetero) is 1. The number of benzene rings is 1. The molecule has 0 aromatic heterocycles. The minimum Gasteiger partial charge on any atom is -0.326 e. The van der Waals surface area contributed by atoms with Gasteiger partial charge in [0.1, 0.15) is 5.78 Å². The Bertz CT molecular complexity index is 561. The largest absolute Gasteiger partial charge is 0.326 e. The van der Waals surface area contributed by atoms with E-state index in [1.807, 2.05) is 0 Å². The van der Waals surface area contributed by atoms with Gasteiger partial charge in [-0.05, 0) is 37.6 Å². The van der Waals surface area contributed by atoms with Gasteiger partial charge in [0.2, 0.25) is 5.91 Å². The van der Waals surface area contributed by atoms with Gasteiger partial charge in [-0.15, -0.1) is 0 Å². The van der Waals surface area contributed by atoms with E-state index in [1.54, 1.807) is 12.1 Å². The molecule has 0 spiro atoms. The van der Waals surface area contributed by atoms with Gasteiger partial charge in [-0.3, -0.25) is 4.79 Å². The minimum atomic E-state index is -3.22. The molecule has 0 aliphatic rings. The molecule has 104 valence electrons. The summed E-state index contributed by atoms with van der Waals surface area (Å²) in [6.07, 6.45) is 2.30. The van der Waals surface area contributed by atoms with Crippen molar-refractivity contribution in [2.45, 2.75) is 31.1 Å². The number of carbonyl (C=O) groups is 2. The third-order valence-electron chi connectivity index (χ3n) is 2.50. The maximum atomic E-state index is 11.5. The van der Waals surface area contributed by atoms with Gasteiger partial charge in [-0.25, -0.2) is 8.42 Å². The highest BCUT2D eigenvalue weighted by Gasteiger charge is 2.07. The Hall–Kier alpha value is -1.69. The molecule has 0 atom stereocenters. The Labute approximate surface area is 112 Å². The quantitative estimate of drug-likeness (QED) is 0.863. The summed E-state index contributed by atoms with van der Waals surface area (Å²) in [5.41, 5.74) is 0.542. The molecule has 19 heavy (non-hydrogen) atoms. The van der Waals surface area contributed by atoms with Crippen molar-refractivity contribution >= 4 is 27.2 Å². The molecule has 1 amide bonds. The lowest BCUT2D eigenvalue weighted by molar-refractivity contribution is -0.117. The molecule has 1 rings (SSSR count). The Morgan fingerprint density at radius 2 is 1.68 bits per heavy atom. The van der Waals surface area contributed by atoms with Crippen LogP contribution in [0.15, 0.2) is 29.2 Å². The molecule has 0 fully saturated rings. The van der Waals surface area contributed by atoms with Crippen molar-refractivity contribution in [1.29, 1.82) is 0 Å². The van der Waals surface area contributed by atoms with Gasteiger partial charge in [-0.2, -0.15) is 0 Å². The number of hydrogen-bond donors (Lipinski definition) is 1. The van der Waals surface area contributed by atoms with Crippen LogP contribution in [-0.2, 0) is 19.4 Å². The molecule has 1 aromatic rings. The van der Waals surface area contributed by atoms with Gasteiger partial charge in [0.05, 0.1) is 4.90 Å². The summed E-state index contributed by atoms with van der Waals surface area (Å²) in [6, 6.07) is 5.97. The van der Waals surface area contributed by atoms with E-state index in [9.17, 15) is 18.0 Å². The summed E-state index contributed by atoms with van der Waals surface area (Å²) in [4.78, 5) is 22.5. The Kier molecular flexibility index (Phi) is 5.23. The van der Waals surface area contributed by atoms with Gasteiger partial charge in [0.25, 0.3) is 0 Å². The average Bonchev–Trinajstić information content (AvgIpc) is 2.27. The first-order chi connectivity index (χ1) is 8.79. The standard InChI is InChI=1S/C13H17NO4S/c1-10(15)4-3-5-13(16)14-11-6-8-12(9-7-11)19(2,17)18/h6-9H,3-5H2,1-2H3,(H,14,16). The van der Waals surface area contributed by atoms with Crippen molar-refractivity contribution in [2.24, 2.45) is 0 Å². The van der Waals surface area contributed by atoms with Gasteiger partial charge >= 0.3 is 0 Å². The van der Waals surface area contributed by atoms with E-state index < -0.39 is 9.84 Å². The molecule has 0 saturated heterocycles. The number of anilines is 1. The second kappa shape index (κ2) is 6.47. The summed E-state index contributed by atoms with van der Waals surface area (Å²) in [5.74, 6) is -0.126. The van der Waals surface area contributed by atoms with E-state index in [4.69, 9.17) is 0 Å². The van der Waals surface area contributed by atoms with Gasteiger partial charge in [0, 0.05) is 24.8 Å². The lowest BCUT2D eigenvalue weighted by Crippen LogP contribution is -2.11.